The number of hydrogen-bond acceptors (Lipinski definition) is 15. The third-order valence-corrected chi connectivity index (χ3v) is 12.0. The van der Waals surface area contributed by atoms with Crippen LogP contribution >= 0.6 is 0 Å². The minimum absolute atomic E-state index is 0.0400. The number of benzene rings is 2. The Morgan fingerprint density at radius 3 is 2.32 bits per heavy atom. The number of hydrogen-bond donors (Lipinski definition) is 6. The van der Waals surface area contributed by atoms with Crippen LogP contribution in [0.15, 0.2) is 41.3 Å². The second-order valence-electron chi connectivity index (χ2n) is 16.2. The molecular formula is C44H59N3O13. The first-order chi connectivity index (χ1) is 28.3. The molecule has 4 aliphatic rings. The molecule has 16 nitrogen and oxygen atoms in total. The topological polar surface area (TPSA) is 226 Å². The highest BCUT2D eigenvalue weighted by Crippen LogP contribution is 2.55. The van der Waals surface area contributed by atoms with Crippen molar-refractivity contribution in [2.24, 2.45) is 28.8 Å². The van der Waals surface area contributed by atoms with Crippen LogP contribution in [0.4, 0.5) is 5.69 Å². The Labute approximate surface area is 350 Å². The molecular weight excluding hydrogens is 778 g/mol. The van der Waals surface area contributed by atoms with Crippen molar-refractivity contribution in [2.45, 2.75) is 98.4 Å². The fourth-order valence-corrected chi connectivity index (χ4v) is 8.19. The minimum atomic E-state index is -2.06. The second kappa shape index (κ2) is 19.0. The van der Waals surface area contributed by atoms with E-state index in [0.717, 1.165) is 32.1 Å². The van der Waals surface area contributed by atoms with E-state index in [2.05, 4.69) is 15.4 Å². The van der Waals surface area contributed by atoms with Crippen LogP contribution in [0.1, 0.15) is 82.8 Å². The average molecular weight is 838 g/mol. The maximum atomic E-state index is 14.4. The van der Waals surface area contributed by atoms with E-state index in [1.54, 1.807) is 39.8 Å². The molecule has 0 aromatic heterocycles. The molecule has 0 saturated carbocycles. The van der Waals surface area contributed by atoms with Gasteiger partial charge in [-0.25, -0.2) is 0 Å². The van der Waals surface area contributed by atoms with E-state index in [0.29, 0.717) is 6.54 Å². The van der Waals surface area contributed by atoms with Gasteiger partial charge in [0.05, 0.1) is 53.0 Å². The van der Waals surface area contributed by atoms with Gasteiger partial charge < -0.3 is 54.6 Å². The van der Waals surface area contributed by atoms with Crippen LogP contribution in [0.25, 0.3) is 10.8 Å². The molecule has 9 atom stereocenters. The Balaban J connectivity index is 1.66. The first-order valence-corrected chi connectivity index (χ1v) is 20.3. The molecule has 1 fully saturated rings. The number of carbonyl (C=O) groups excluding carboxylic acids is 3. The van der Waals surface area contributed by atoms with E-state index in [1.165, 1.54) is 53.2 Å². The zero-order valence-corrected chi connectivity index (χ0v) is 35.7. The molecule has 0 aliphatic carbocycles. The largest absolute Gasteiger partial charge is 0.507 e. The molecule has 2 aromatic rings. The summed E-state index contributed by atoms with van der Waals surface area (Å²) in [6.07, 6.45) is 6.78. The van der Waals surface area contributed by atoms with Gasteiger partial charge in [-0.05, 0) is 45.9 Å². The number of ether oxygens (including phenoxy) is 4. The molecule has 16 heteroatoms. The van der Waals surface area contributed by atoms with Gasteiger partial charge in [-0.3, -0.25) is 19.3 Å². The summed E-state index contributed by atoms with van der Waals surface area (Å²) in [6, 6.07) is 0. The maximum Gasteiger partial charge on any atom is 0.312 e. The molecule has 5 bridgehead atoms. The van der Waals surface area contributed by atoms with Crippen molar-refractivity contribution in [2.75, 3.05) is 38.7 Å². The molecule has 9 unspecified atom stereocenters. The molecule has 1 saturated heterocycles. The molecule has 4 aliphatic heterocycles. The van der Waals surface area contributed by atoms with E-state index in [-0.39, 0.29) is 51.1 Å². The number of Topliss-reactive ketones (excluding diaryl/α,β-unsaturated/α-hetero) is 1. The van der Waals surface area contributed by atoms with Crippen molar-refractivity contribution < 1.29 is 63.7 Å². The average Bonchev–Trinajstić information content (AvgIpc) is 3.83. The van der Waals surface area contributed by atoms with Gasteiger partial charge in [0.25, 0.3) is 11.7 Å². The predicted molar refractivity (Wildman–Crippen MR) is 223 cm³/mol. The number of aliphatic hydroxyl groups excluding tert-OH is 2. The quantitative estimate of drug-likeness (QED) is 0.0527. The van der Waals surface area contributed by atoms with Gasteiger partial charge in [0.2, 0.25) is 0 Å². The number of oxime groups is 1. The number of phenolic OH excluding ortho intramolecular Hbond substituents is 3. The van der Waals surface area contributed by atoms with Gasteiger partial charge in [0, 0.05) is 67.7 Å². The van der Waals surface area contributed by atoms with E-state index in [4.69, 9.17) is 23.8 Å². The van der Waals surface area contributed by atoms with Crippen molar-refractivity contribution in [3.63, 3.8) is 0 Å². The van der Waals surface area contributed by atoms with Gasteiger partial charge >= 0.3 is 11.8 Å². The number of aliphatic hydroxyl groups is 2. The van der Waals surface area contributed by atoms with Crippen molar-refractivity contribution in [3.8, 4) is 23.0 Å². The molecule has 6 N–H and O–H groups in total. The zero-order chi connectivity index (χ0) is 44.2. The fourth-order valence-electron chi connectivity index (χ4n) is 8.19. The molecule has 0 spiro atoms. The predicted octanol–water partition coefficient (Wildman–Crippen LogP) is 5.20. The maximum absolute atomic E-state index is 14.4. The number of allylic oxidation sites excluding steroid dienone is 2. The number of nitrogens with one attached hydrogen (secondary N) is 1. The summed E-state index contributed by atoms with van der Waals surface area (Å²) in [5.74, 6) is -8.57. The summed E-state index contributed by atoms with van der Waals surface area (Å²) in [5.41, 5.74) is -0.561. The number of carbonyl (C=O) groups is 3. The number of methoxy groups -OCH3 is 1. The highest BCUT2D eigenvalue weighted by molar-refractivity contribution is 6.23. The van der Waals surface area contributed by atoms with E-state index in [9.17, 15) is 39.9 Å². The summed E-state index contributed by atoms with van der Waals surface area (Å²) in [5, 5.41) is 64.3. The van der Waals surface area contributed by atoms with Gasteiger partial charge in [-0.2, -0.15) is 0 Å². The molecule has 60 heavy (non-hydrogen) atoms. The van der Waals surface area contributed by atoms with Crippen LogP contribution in [-0.4, -0.2) is 118 Å². The van der Waals surface area contributed by atoms with Crippen LogP contribution in [0, 0.1) is 30.6 Å². The van der Waals surface area contributed by atoms with E-state index >= 15 is 0 Å². The number of amides is 1. The summed E-state index contributed by atoms with van der Waals surface area (Å²) >= 11 is 0. The lowest BCUT2D eigenvalue weighted by Gasteiger charge is -2.38. The lowest BCUT2D eigenvalue weighted by Crippen LogP contribution is -2.46. The summed E-state index contributed by atoms with van der Waals surface area (Å²) < 4.78 is 23.6. The second-order valence-corrected chi connectivity index (χ2v) is 16.2. The third kappa shape index (κ3) is 9.26. The fraction of sp³-hybridized carbons (Fsp3) is 0.545. The molecule has 1 amide bonds. The Bertz CT molecular complexity index is 2070. The van der Waals surface area contributed by atoms with Gasteiger partial charge in [-0.15, -0.1) is 0 Å². The number of rotatable bonds is 7. The van der Waals surface area contributed by atoms with Gasteiger partial charge in [0.15, 0.2) is 5.75 Å². The third-order valence-electron chi connectivity index (χ3n) is 12.0. The zero-order valence-electron chi connectivity index (χ0n) is 35.7. The monoisotopic (exact) mass is 837 g/mol. The Hall–Kier alpha value is -5.16. The normalized spacial score (nSPS) is 31.4. The Morgan fingerprint density at radius 1 is 0.983 bits per heavy atom. The summed E-state index contributed by atoms with van der Waals surface area (Å²) in [7, 11) is 1.43. The summed E-state index contributed by atoms with van der Waals surface area (Å²) in [4.78, 5) is 48.2. The van der Waals surface area contributed by atoms with Crippen LogP contribution in [0.2, 0.25) is 0 Å². The van der Waals surface area contributed by atoms with Gasteiger partial charge in [0.1, 0.15) is 30.0 Å². The number of anilines is 1. The highest BCUT2D eigenvalue weighted by Gasteiger charge is 2.50. The van der Waals surface area contributed by atoms with Crippen molar-refractivity contribution >= 4 is 40.3 Å². The number of esters is 1. The molecule has 0 radical (unpaired) electrons. The first-order valence-electron chi connectivity index (χ1n) is 20.3. The number of nitrogens with zero attached hydrogens (tertiary/aromatic N) is 2. The lowest BCUT2D eigenvalue weighted by atomic mass is 9.78. The van der Waals surface area contributed by atoms with Gasteiger partial charge in [-0.1, -0.05) is 51.1 Å². The van der Waals surface area contributed by atoms with Crippen LogP contribution in [-0.2, 0) is 28.6 Å². The van der Waals surface area contributed by atoms with Crippen LogP contribution in [0.5, 0.6) is 23.0 Å². The smallest absolute Gasteiger partial charge is 0.312 e. The highest BCUT2D eigenvalue weighted by atomic mass is 16.7. The number of aromatic hydroxyl groups is 3. The standard InChI is InChI=1S/C44H59N3O13/c1-22-13-12-14-23(2)43(55)46-34-29(21-45-58-20-18-47-16-10-11-17-47)38(52)31-32(39(34)53)37(51)27(6)41-33(31)42(54)44(8,60-41)57-19-15-30(56-9)24(3)40(59-28(7)48)26(5)36(50)25(4)35(22)49/h12-15,19,21-22,24-26,30,35-36,40,49-53H,10-11,16-18,20H2,1-9H3,(H,46,55)/b13-12+,19-15+,23-14-,45-21+. The minimum Gasteiger partial charge on any atom is -0.507 e. The lowest BCUT2D eigenvalue weighted by molar-refractivity contribution is -0.160. The van der Waals surface area contributed by atoms with E-state index < -0.39 is 88.8 Å². The van der Waals surface area contributed by atoms with Crippen LogP contribution in [0.3, 0.4) is 0 Å². The first kappa shape index (κ1) is 45.9. The van der Waals surface area contributed by atoms with Crippen molar-refractivity contribution in [1.29, 1.82) is 0 Å². The SMILES string of the molecule is COC1/C=C/OC2(C)Oc3c(C)c(O)c4c(O)c(c(/C=N/OCCN5CCCC5)c(O)c4c3C2=O)NC(=O)/C(C)=C\C=C\C(C)C(O)C(C)C(O)C(C)C(OC(C)=O)C1C. The molecule has 2 aromatic carbocycles. The molecule has 6 rings (SSSR count). The van der Waals surface area contributed by atoms with Crippen LogP contribution < -0.4 is 10.1 Å². The van der Waals surface area contributed by atoms with Crippen molar-refractivity contribution in [1.82, 2.24) is 4.90 Å². The Morgan fingerprint density at radius 2 is 1.67 bits per heavy atom. The number of phenols is 3. The van der Waals surface area contributed by atoms with E-state index in [1.807, 2.05) is 0 Å². The number of fused-ring (bicyclic) bond motifs is 14. The summed E-state index contributed by atoms with van der Waals surface area (Å²) in [6.45, 7) is 15.2. The number of likely N-dealkylation sites (tertiary alicyclic amines) is 1. The number of ketones is 1. The molecule has 328 valence electrons. The van der Waals surface area contributed by atoms with Crippen molar-refractivity contribution in [3.05, 3.63) is 52.8 Å². The molecule has 4 heterocycles. The Kier molecular flexibility index (Phi) is 14.6.